The van der Waals surface area contributed by atoms with E-state index in [1.165, 1.54) is 0 Å². The van der Waals surface area contributed by atoms with Gasteiger partial charge in [0, 0.05) is 14.3 Å². The van der Waals surface area contributed by atoms with Crippen molar-refractivity contribution in [2.75, 3.05) is 5.73 Å². The molecule has 0 radical (unpaired) electrons. The van der Waals surface area contributed by atoms with Crippen LogP contribution in [0.4, 0.5) is 5.82 Å². The zero-order valence-electron chi connectivity index (χ0n) is 6.59. The van der Waals surface area contributed by atoms with Crippen molar-refractivity contribution in [1.29, 1.82) is 0 Å². The Hall–Kier alpha value is -0.610. The zero-order valence-corrected chi connectivity index (χ0v) is 9.76. The number of benzene rings is 1. The average Bonchev–Trinajstić information content (AvgIpc) is 2.06. The molecular formula is C9H6Br2N2. The number of aromatic nitrogens is 1. The van der Waals surface area contributed by atoms with Gasteiger partial charge in [0.1, 0.15) is 5.82 Å². The van der Waals surface area contributed by atoms with E-state index in [0.717, 1.165) is 19.8 Å². The van der Waals surface area contributed by atoms with Gasteiger partial charge in [0.15, 0.2) is 0 Å². The second kappa shape index (κ2) is 3.27. The summed E-state index contributed by atoms with van der Waals surface area (Å²) in [6, 6.07) is 7.70. The number of halogens is 2. The molecule has 0 bridgehead atoms. The number of pyridine rings is 1. The van der Waals surface area contributed by atoms with E-state index in [0.29, 0.717) is 5.82 Å². The standard InChI is InChI=1S/C9H6Br2N2/c10-6-3-5-1-2-8(12)13-9(5)7(11)4-6/h1-4H,(H2,12,13). The SMILES string of the molecule is Nc1ccc2cc(Br)cc(Br)c2n1. The number of hydrogen-bond donors (Lipinski definition) is 1. The van der Waals surface area contributed by atoms with Crippen molar-refractivity contribution in [1.82, 2.24) is 4.98 Å². The quantitative estimate of drug-likeness (QED) is 0.810. The lowest BCUT2D eigenvalue weighted by Gasteiger charge is -2.01. The van der Waals surface area contributed by atoms with Crippen molar-refractivity contribution in [3.05, 3.63) is 33.2 Å². The molecule has 0 aliphatic heterocycles. The fourth-order valence-corrected chi connectivity index (χ4v) is 2.52. The first kappa shape index (κ1) is 8.97. The first-order chi connectivity index (χ1) is 6.16. The lowest BCUT2D eigenvalue weighted by atomic mass is 10.2. The number of hydrogen-bond acceptors (Lipinski definition) is 2. The highest BCUT2D eigenvalue weighted by Crippen LogP contribution is 2.27. The van der Waals surface area contributed by atoms with Crippen LogP contribution in [0.15, 0.2) is 33.2 Å². The van der Waals surface area contributed by atoms with Crippen molar-refractivity contribution in [3.8, 4) is 0 Å². The molecule has 2 N–H and O–H groups in total. The van der Waals surface area contributed by atoms with Gasteiger partial charge in [0.05, 0.1) is 5.52 Å². The first-order valence-electron chi connectivity index (χ1n) is 3.68. The van der Waals surface area contributed by atoms with Crippen LogP contribution in [0.2, 0.25) is 0 Å². The van der Waals surface area contributed by atoms with Gasteiger partial charge in [0.25, 0.3) is 0 Å². The molecule has 0 atom stereocenters. The minimum absolute atomic E-state index is 0.538. The minimum atomic E-state index is 0.538. The molecule has 2 rings (SSSR count). The summed E-state index contributed by atoms with van der Waals surface area (Å²) in [6.07, 6.45) is 0. The molecule has 0 amide bonds. The molecule has 0 aliphatic rings. The lowest BCUT2D eigenvalue weighted by Crippen LogP contribution is -1.90. The number of nitrogens with two attached hydrogens (primary N) is 1. The summed E-state index contributed by atoms with van der Waals surface area (Å²) in [5.74, 6) is 0.538. The van der Waals surface area contributed by atoms with Gasteiger partial charge in [-0.2, -0.15) is 0 Å². The van der Waals surface area contributed by atoms with Crippen molar-refractivity contribution in [3.63, 3.8) is 0 Å². The maximum Gasteiger partial charge on any atom is 0.124 e. The van der Waals surface area contributed by atoms with E-state index in [1.54, 1.807) is 6.07 Å². The van der Waals surface area contributed by atoms with Gasteiger partial charge in [-0.3, -0.25) is 0 Å². The number of fused-ring (bicyclic) bond motifs is 1. The van der Waals surface area contributed by atoms with Gasteiger partial charge in [-0.05, 0) is 40.2 Å². The number of anilines is 1. The van der Waals surface area contributed by atoms with E-state index in [-0.39, 0.29) is 0 Å². The van der Waals surface area contributed by atoms with Gasteiger partial charge in [-0.1, -0.05) is 15.9 Å². The van der Waals surface area contributed by atoms with Crippen molar-refractivity contribution < 1.29 is 0 Å². The molecule has 2 nitrogen and oxygen atoms in total. The predicted molar refractivity (Wildman–Crippen MR) is 61.6 cm³/mol. The number of rotatable bonds is 0. The summed E-state index contributed by atoms with van der Waals surface area (Å²) in [7, 11) is 0. The molecule has 1 aromatic heterocycles. The highest BCUT2D eigenvalue weighted by Gasteiger charge is 2.01. The van der Waals surface area contributed by atoms with E-state index in [2.05, 4.69) is 36.8 Å². The van der Waals surface area contributed by atoms with Crippen LogP contribution >= 0.6 is 31.9 Å². The third kappa shape index (κ3) is 1.69. The third-order valence-electron chi connectivity index (χ3n) is 1.73. The molecular weight excluding hydrogens is 296 g/mol. The molecule has 4 heteroatoms. The molecule has 1 heterocycles. The van der Waals surface area contributed by atoms with E-state index >= 15 is 0 Å². The molecule has 0 aliphatic carbocycles. The van der Waals surface area contributed by atoms with Gasteiger partial charge in [0.2, 0.25) is 0 Å². The Morgan fingerprint density at radius 1 is 1.15 bits per heavy atom. The van der Waals surface area contributed by atoms with E-state index in [1.807, 2.05) is 18.2 Å². The third-order valence-corrected chi connectivity index (χ3v) is 2.79. The zero-order chi connectivity index (χ0) is 9.42. The highest BCUT2D eigenvalue weighted by molar-refractivity contribution is 9.11. The van der Waals surface area contributed by atoms with Crippen LogP contribution in [-0.4, -0.2) is 4.98 Å². The van der Waals surface area contributed by atoms with Crippen LogP contribution in [-0.2, 0) is 0 Å². The van der Waals surface area contributed by atoms with Crippen LogP contribution in [0, 0.1) is 0 Å². The van der Waals surface area contributed by atoms with Crippen LogP contribution < -0.4 is 5.73 Å². The molecule has 1 aromatic carbocycles. The largest absolute Gasteiger partial charge is 0.384 e. The van der Waals surface area contributed by atoms with Crippen LogP contribution in [0.1, 0.15) is 0 Å². The summed E-state index contributed by atoms with van der Waals surface area (Å²) < 4.78 is 1.97. The second-order valence-corrected chi connectivity index (χ2v) is 4.47. The Morgan fingerprint density at radius 2 is 1.92 bits per heavy atom. The molecule has 0 fully saturated rings. The van der Waals surface area contributed by atoms with E-state index < -0.39 is 0 Å². The Balaban J connectivity index is 2.87. The van der Waals surface area contributed by atoms with E-state index in [4.69, 9.17) is 5.73 Å². The van der Waals surface area contributed by atoms with Crippen molar-refractivity contribution in [2.45, 2.75) is 0 Å². The molecule has 0 saturated heterocycles. The molecule has 0 saturated carbocycles. The molecule has 13 heavy (non-hydrogen) atoms. The summed E-state index contributed by atoms with van der Waals surface area (Å²) in [6.45, 7) is 0. The summed E-state index contributed by atoms with van der Waals surface area (Å²) >= 11 is 6.85. The monoisotopic (exact) mass is 300 g/mol. The smallest absolute Gasteiger partial charge is 0.124 e. The Morgan fingerprint density at radius 3 is 2.69 bits per heavy atom. The van der Waals surface area contributed by atoms with Crippen LogP contribution in [0.25, 0.3) is 10.9 Å². The summed E-state index contributed by atoms with van der Waals surface area (Å²) in [4.78, 5) is 4.23. The maximum absolute atomic E-state index is 5.59. The molecule has 0 unspecified atom stereocenters. The summed E-state index contributed by atoms with van der Waals surface area (Å²) in [5, 5.41) is 1.07. The normalized spacial score (nSPS) is 10.6. The molecule has 2 aromatic rings. The molecule has 0 spiro atoms. The topological polar surface area (TPSA) is 38.9 Å². The highest BCUT2D eigenvalue weighted by atomic mass is 79.9. The van der Waals surface area contributed by atoms with Gasteiger partial charge >= 0.3 is 0 Å². The summed E-state index contributed by atoms with van der Waals surface area (Å²) in [5.41, 5.74) is 6.48. The average molecular weight is 302 g/mol. The van der Waals surface area contributed by atoms with Gasteiger partial charge in [-0.15, -0.1) is 0 Å². The Bertz CT molecular complexity index is 468. The van der Waals surface area contributed by atoms with Crippen molar-refractivity contribution >= 4 is 48.6 Å². The predicted octanol–water partition coefficient (Wildman–Crippen LogP) is 3.34. The first-order valence-corrected chi connectivity index (χ1v) is 5.27. The Kier molecular flexibility index (Phi) is 2.26. The number of nitrogens with zero attached hydrogens (tertiary/aromatic N) is 1. The number of nitrogen functional groups attached to an aromatic ring is 1. The fraction of sp³-hybridized carbons (Fsp3) is 0. The Labute approximate surface area is 92.4 Å². The maximum atomic E-state index is 5.59. The second-order valence-electron chi connectivity index (χ2n) is 2.70. The van der Waals surface area contributed by atoms with Crippen molar-refractivity contribution in [2.24, 2.45) is 0 Å². The fourth-order valence-electron chi connectivity index (χ4n) is 1.17. The van der Waals surface area contributed by atoms with E-state index in [9.17, 15) is 0 Å². The van der Waals surface area contributed by atoms with Crippen LogP contribution in [0.5, 0.6) is 0 Å². The van der Waals surface area contributed by atoms with Crippen LogP contribution in [0.3, 0.4) is 0 Å². The lowest BCUT2D eigenvalue weighted by molar-refractivity contribution is 1.40. The van der Waals surface area contributed by atoms with Gasteiger partial charge < -0.3 is 5.73 Å². The molecule has 66 valence electrons. The van der Waals surface area contributed by atoms with Gasteiger partial charge in [-0.25, -0.2) is 4.98 Å². The minimum Gasteiger partial charge on any atom is -0.384 e.